The Morgan fingerprint density at radius 3 is 2.68 bits per heavy atom. The van der Waals surface area contributed by atoms with Crippen molar-refractivity contribution >= 4 is 40.4 Å². The first-order chi connectivity index (χ1) is 12.1. The van der Waals surface area contributed by atoms with E-state index in [-0.39, 0.29) is 5.56 Å². The summed E-state index contributed by atoms with van der Waals surface area (Å²) in [5.74, 6) is -0.260. The van der Waals surface area contributed by atoms with Crippen LogP contribution >= 0.6 is 11.6 Å². The van der Waals surface area contributed by atoms with Gasteiger partial charge >= 0.3 is 5.97 Å². The molecule has 0 amide bonds. The molecule has 0 radical (unpaired) electrons. The van der Waals surface area contributed by atoms with Crippen molar-refractivity contribution in [3.8, 4) is 5.75 Å². The topological polar surface area (TPSA) is 83.8 Å². The molecule has 1 heterocycles. The molecule has 3 aromatic rings. The van der Waals surface area contributed by atoms with E-state index in [1.807, 2.05) is 24.3 Å². The molecule has 25 heavy (non-hydrogen) atoms. The number of hydrogen-bond donors (Lipinski definition) is 2. The molecular formula is C18H14ClN3O3. The molecule has 3 rings (SSSR count). The molecule has 0 saturated heterocycles. The second-order valence-corrected chi connectivity index (χ2v) is 5.54. The molecule has 126 valence electrons. The number of hydrazone groups is 1. The summed E-state index contributed by atoms with van der Waals surface area (Å²) in [7, 11) is 1.60. The number of benzene rings is 2. The number of aromatic carboxylic acids is 1. The van der Waals surface area contributed by atoms with Crippen molar-refractivity contribution in [3.05, 3.63) is 64.8 Å². The van der Waals surface area contributed by atoms with Crippen LogP contribution < -0.4 is 10.2 Å². The van der Waals surface area contributed by atoms with Crippen molar-refractivity contribution in [1.29, 1.82) is 0 Å². The van der Waals surface area contributed by atoms with E-state index in [0.29, 0.717) is 22.2 Å². The number of rotatable bonds is 5. The molecule has 0 atom stereocenters. The summed E-state index contributed by atoms with van der Waals surface area (Å²) in [4.78, 5) is 15.2. The van der Waals surface area contributed by atoms with Crippen LogP contribution in [0.5, 0.6) is 5.75 Å². The van der Waals surface area contributed by atoms with Crippen molar-refractivity contribution in [3.63, 3.8) is 0 Å². The number of halogens is 1. The van der Waals surface area contributed by atoms with Gasteiger partial charge in [-0.2, -0.15) is 5.10 Å². The third-order valence-electron chi connectivity index (χ3n) is 3.53. The van der Waals surface area contributed by atoms with Crippen molar-refractivity contribution in [2.75, 3.05) is 12.5 Å². The predicted molar refractivity (Wildman–Crippen MR) is 97.9 cm³/mol. The highest BCUT2D eigenvalue weighted by atomic mass is 35.5. The summed E-state index contributed by atoms with van der Waals surface area (Å²) in [6.07, 6.45) is 1.56. The summed E-state index contributed by atoms with van der Waals surface area (Å²) in [5, 5.41) is 14.2. The van der Waals surface area contributed by atoms with E-state index in [0.717, 1.165) is 10.9 Å². The van der Waals surface area contributed by atoms with Crippen molar-refractivity contribution < 1.29 is 14.6 Å². The van der Waals surface area contributed by atoms with Crippen LogP contribution in [0.25, 0.3) is 10.9 Å². The highest BCUT2D eigenvalue weighted by molar-refractivity contribution is 6.32. The smallest absolute Gasteiger partial charge is 0.335 e. The molecule has 0 bridgehead atoms. The van der Waals surface area contributed by atoms with Gasteiger partial charge in [0.25, 0.3) is 0 Å². The molecule has 0 unspecified atom stereocenters. The zero-order chi connectivity index (χ0) is 17.8. The molecule has 2 N–H and O–H groups in total. The minimum absolute atomic E-state index is 0.215. The summed E-state index contributed by atoms with van der Waals surface area (Å²) in [6, 6.07) is 13.7. The van der Waals surface area contributed by atoms with E-state index in [4.69, 9.17) is 21.4 Å². The number of carbonyl (C=O) groups is 1. The molecule has 2 aromatic carbocycles. The van der Waals surface area contributed by atoms with Gasteiger partial charge in [-0.15, -0.1) is 0 Å². The Bertz CT molecular complexity index is 956. The number of pyridine rings is 1. The van der Waals surface area contributed by atoms with E-state index >= 15 is 0 Å². The molecular weight excluding hydrogens is 342 g/mol. The Labute approximate surface area is 148 Å². The van der Waals surface area contributed by atoms with Gasteiger partial charge in [-0.3, -0.25) is 5.43 Å². The highest BCUT2D eigenvalue weighted by Crippen LogP contribution is 2.23. The Morgan fingerprint density at radius 2 is 2.00 bits per heavy atom. The van der Waals surface area contributed by atoms with Gasteiger partial charge in [0.15, 0.2) is 0 Å². The van der Waals surface area contributed by atoms with Gasteiger partial charge < -0.3 is 9.84 Å². The minimum Gasteiger partial charge on any atom is -0.497 e. The monoisotopic (exact) mass is 355 g/mol. The summed E-state index contributed by atoms with van der Waals surface area (Å²) in [5.41, 5.74) is 5.10. The van der Waals surface area contributed by atoms with Crippen LogP contribution in [-0.4, -0.2) is 29.4 Å². The van der Waals surface area contributed by atoms with Gasteiger partial charge in [-0.1, -0.05) is 11.6 Å². The molecule has 0 aliphatic carbocycles. The normalized spacial score (nSPS) is 11.0. The van der Waals surface area contributed by atoms with Crippen molar-refractivity contribution in [2.24, 2.45) is 5.10 Å². The number of carboxylic acid groups (broad SMARTS) is 1. The van der Waals surface area contributed by atoms with E-state index < -0.39 is 5.97 Å². The fraction of sp³-hybridized carbons (Fsp3) is 0.0556. The number of methoxy groups -OCH3 is 1. The third kappa shape index (κ3) is 3.87. The number of anilines is 1. The first-order valence-electron chi connectivity index (χ1n) is 7.33. The molecule has 0 spiro atoms. The van der Waals surface area contributed by atoms with Gasteiger partial charge in [-0.25, -0.2) is 9.78 Å². The number of nitrogens with one attached hydrogen (secondary N) is 1. The quantitative estimate of drug-likeness (QED) is 0.410. The molecule has 0 aliphatic heterocycles. The fourth-order valence-electron chi connectivity index (χ4n) is 2.22. The first kappa shape index (κ1) is 16.7. The zero-order valence-electron chi connectivity index (χ0n) is 13.2. The molecule has 7 heteroatoms. The van der Waals surface area contributed by atoms with Crippen molar-refractivity contribution in [2.45, 2.75) is 0 Å². The summed E-state index contributed by atoms with van der Waals surface area (Å²) in [6.45, 7) is 0. The van der Waals surface area contributed by atoms with Gasteiger partial charge in [0.2, 0.25) is 0 Å². The Hall–Kier alpha value is -3.12. The SMILES string of the molecule is COc1ccc2cc(C=NNc3ccc(C(=O)O)cc3)c(Cl)nc2c1. The van der Waals surface area contributed by atoms with Crippen LogP contribution in [-0.2, 0) is 0 Å². The first-order valence-corrected chi connectivity index (χ1v) is 7.71. The maximum atomic E-state index is 10.8. The second kappa shape index (κ2) is 7.19. The molecule has 0 fully saturated rings. The lowest BCUT2D eigenvalue weighted by Gasteiger charge is -2.05. The summed E-state index contributed by atoms with van der Waals surface area (Å²) < 4.78 is 5.17. The average molecular weight is 356 g/mol. The molecule has 1 aromatic heterocycles. The Kier molecular flexibility index (Phi) is 4.81. The lowest BCUT2D eigenvalue weighted by Crippen LogP contribution is -1.97. The second-order valence-electron chi connectivity index (χ2n) is 5.18. The number of fused-ring (bicyclic) bond motifs is 1. The van der Waals surface area contributed by atoms with Crippen LogP contribution in [0.1, 0.15) is 15.9 Å². The fourth-order valence-corrected chi connectivity index (χ4v) is 2.42. The maximum absolute atomic E-state index is 10.8. The van der Waals surface area contributed by atoms with E-state index in [1.54, 1.807) is 25.5 Å². The summed E-state index contributed by atoms with van der Waals surface area (Å²) >= 11 is 6.20. The number of aromatic nitrogens is 1. The van der Waals surface area contributed by atoms with Gasteiger partial charge in [-0.05, 0) is 42.5 Å². The van der Waals surface area contributed by atoms with Crippen LogP contribution in [0.15, 0.2) is 53.6 Å². The van der Waals surface area contributed by atoms with E-state index in [2.05, 4.69) is 15.5 Å². The lowest BCUT2D eigenvalue weighted by molar-refractivity contribution is 0.0697. The molecule has 0 saturated carbocycles. The minimum atomic E-state index is -0.972. The standard InChI is InChI=1S/C18H14ClN3O3/c1-25-15-7-4-12-8-13(17(19)21-16(12)9-15)10-20-22-14-5-2-11(3-6-14)18(23)24/h2-10,22H,1H3,(H,23,24). The lowest BCUT2D eigenvalue weighted by atomic mass is 10.1. The molecule has 0 aliphatic rings. The van der Waals surface area contributed by atoms with Crippen LogP contribution in [0.3, 0.4) is 0 Å². The van der Waals surface area contributed by atoms with Gasteiger partial charge in [0.1, 0.15) is 10.9 Å². The van der Waals surface area contributed by atoms with Gasteiger partial charge in [0.05, 0.1) is 30.1 Å². The maximum Gasteiger partial charge on any atom is 0.335 e. The zero-order valence-corrected chi connectivity index (χ0v) is 14.0. The number of carboxylic acids is 1. The highest BCUT2D eigenvalue weighted by Gasteiger charge is 2.05. The van der Waals surface area contributed by atoms with Crippen LogP contribution in [0.2, 0.25) is 5.15 Å². The number of nitrogens with zero attached hydrogens (tertiary/aromatic N) is 2. The Balaban J connectivity index is 1.78. The number of ether oxygens (including phenoxy) is 1. The largest absolute Gasteiger partial charge is 0.497 e. The van der Waals surface area contributed by atoms with E-state index in [9.17, 15) is 4.79 Å². The number of hydrogen-bond acceptors (Lipinski definition) is 5. The van der Waals surface area contributed by atoms with E-state index in [1.165, 1.54) is 12.1 Å². The van der Waals surface area contributed by atoms with Crippen molar-refractivity contribution in [1.82, 2.24) is 4.98 Å². The van der Waals surface area contributed by atoms with Gasteiger partial charge in [0, 0.05) is 17.0 Å². The Morgan fingerprint density at radius 1 is 1.24 bits per heavy atom. The predicted octanol–water partition coefficient (Wildman–Crippen LogP) is 4.04. The third-order valence-corrected chi connectivity index (χ3v) is 3.84. The average Bonchev–Trinajstić information content (AvgIpc) is 2.62. The van der Waals surface area contributed by atoms with Crippen LogP contribution in [0.4, 0.5) is 5.69 Å². The molecule has 6 nitrogen and oxygen atoms in total. The van der Waals surface area contributed by atoms with Crippen LogP contribution in [0, 0.1) is 0 Å².